The molecule has 2 aromatic rings. The monoisotopic (exact) mass is 316 g/mol. The van der Waals surface area contributed by atoms with E-state index in [1.807, 2.05) is 13.2 Å². The predicted molar refractivity (Wildman–Crippen MR) is 91.1 cm³/mol. The highest BCUT2D eigenvalue weighted by Crippen LogP contribution is 2.24. The molecule has 1 aromatic heterocycles. The smallest absolute Gasteiger partial charge is 0.269 e. The zero-order valence-electron chi connectivity index (χ0n) is 14.0. The number of aryl methyl sites for hydroxylation is 1. The molecule has 2 rings (SSSR count). The summed E-state index contributed by atoms with van der Waals surface area (Å²) in [6, 6.07) is 6.54. The van der Waals surface area contributed by atoms with Crippen molar-refractivity contribution >= 4 is 5.69 Å². The molecule has 1 N–H and O–H groups in total. The second kappa shape index (κ2) is 7.87. The molecule has 1 heterocycles. The summed E-state index contributed by atoms with van der Waals surface area (Å²) in [6.07, 6.45) is 4.37. The second-order valence-corrected chi connectivity index (χ2v) is 6.19. The molecule has 0 saturated heterocycles. The molecule has 0 spiro atoms. The first-order chi connectivity index (χ1) is 11.0. The molecule has 0 amide bonds. The van der Waals surface area contributed by atoms with Crippen molar-refractivity contribution in [2.75, 3.05) is 6.54 Å². The third kappa shape index (κ3) is 4.89. The fourth-order valence-corrected chi connectivity index (χ4v) is 2.51. The maximum absolute atomic E-state index is 10.7. The Morgan fingerprint density at radius 2 is 2.00 bits per heavy atom. The molecule has 1 aromatic carbocycles. The van der Waals surface area contributed by atoms with E-state index in [4.69, 9.17) is 0 Å². The van der Waals surface area contributed by atoms with E-state index in [9.17, 15) is 10.1 Å². The Bertz CT molecular complexity index is 647. The van der Waals surface area contributed by atoms with E-state index in [1.54, 1.807) is 16.8 Å². The summed E-state index contributed by atoms with van der Waals surface area (Å²) in [5.74, 6) is 0.728. The van der Waals surface area contributed by atoms with Crippen LogP contribution >= 0.6 is 0 Å². The minimum absolute atomic E-state index is 0.0954. The number of benzene rings is 1. The lowest BCUT2D eigenvalue weighted by Gasteiger charge is -2.07. The van der Waals surface area contributed by atoms with Crippen molar-refractivity contribution < 1.29 is 4.92 Å². The van der Waals surface area contributed by atoms with Gasteiger partial charge in [0.05, 0.1) is 10.6 Å². The quantitative estimate of drug-likeness (QED) is 0.459. The average Bonchev–Trinajstić information content (AvgIpc) is 2.87. The summed E-state index contributed by atoms with van der Waals surface area (Å²) >= 11 is 0. The molecule has 0 saturated carbocycles. The molecule has 0 atom stereocenters. The van der Waals surface area contributed by atoms with Gasteiger partial charge in [0.15, 0.2) is 0 Å². The van der Waals surface area contributed by atoms with Crippen LogP contribution < -0.4 is 5.32 Å². The van der Waals surface area contributed by atoms with Gasteiger partial charge in [-0.25, -0.2) is 0 Å². The number of hydrogen-bond acceptors (Lipinski definition) is 4. The summed E-state index contributed by atoms with van der Waals surface area (Å²) in [5, 5.41) is 18.7. The highest BCUT2D eigenvalue weighted by Gasteiger charge is 2.12. The summed E-state index contributed by atoms with van der Waals surface area (Å²) in [7, 11) is 1.89. The van der Waals surface area contributed by atoms with E-state index in [-0.39, 0.29) is 10.6 Å². The lowest BCUT2D eigenvalue weighted by molar-refractivity contribution is -0.384. The Labute approximate surface area is 136 Å². The van der Waals surface area contributed by atoms with Crippen LogP contribution in [0.5, 0.6) is 0 Å². The molecule has 0 bridgehead atoms. The Hall–Kier alpha value is -2.21. The van der Waals surface area contributed by atoms with Gasteiger partial charge in [0.1, 0.15) is 0 Å². The number of aromatic nitrogens is 2. The summed E-state index contributed by atoms with van der Waals surface area (Å²) < 4.78 is 1.78. The molecule has 0 radical (unpaired) electrons. The first-order valence-electron chi connectivity index (χ1n) is 7.95. The number of hydrogen-bond donors (Lipinski definition) is 1. The average molecular weight is 316 g/mol. The van der Waals surface area contributed by atoms with Gasteiger partial charge in [0.25, 0.3) is 5.69 Å². The van der Waals surface area contributed by atoms with E-state index in [2.05, 4.69) is 24.3 Å². The van der Waals surface area contributed by atoms with Crippen molar-refractivity contribution in [1.82, 2.24) is 15.1 Å². The molecule has 0 aliphatic carbocycles. The number of non-ortho nitro benzene ring substituents is 1. The third-order valence-corrected chi connectivity index (χ3v) is 3.71. The first kappa shape index (κ1) is 17.1. The van der Waals surface area contributed by atoms with Gasteiger partial charge in [-0.1, -0.05) is 13.8 Å². The fourth-order valence-electron chi connectivity index (χ4n) is 2.51. The lowest BCUT2D eigenvalue weighted by atomic mass is 10.1. The van der Waals surface area contributed by atoms with Crippen molar-refractivity contribution in [2.24, 2.45) is 13.0 Å². The van der Waals surface area contributed by atoms with Crippen LogP contribution in [0.2, 0.25) is 0 Å². The Morgan fingerprint density at radius 1 is 1.30 bits per heavy atom. The maximum atomic E-state index is 10.7. The van der Waals surface area contributed by atoms with Gasteiger partial charge in [-0.05, 0) is 37.4 Å². The van der Waals surface area contributed by atoms with Crippen LogP contribution in [0.4, 0.5) is 5.69 Å². The van der Waals surface area contributed by atoms with Gasteiger partial charge in [0, 0.05) is 43.0 Å². The van der Waals surface area contributed by atoms with Crippen LogP contribution in [0.25, 0.3) is 11.3 Å². The third-order valence-electron chi connectivity index (χ3n) is 3.71. The van der Waals surface area contributed by atoms with E-state index < -0.39 is 0 Å². The highest BCUT2D eigenvalue weighted by molar-refractivity contribution is 5.64. The molecule has 0 aliphatic heterocycles. The van der Waals surface area contributed by atoms with Crippen LogP contribution in [0.15, 0.2) is 30.5 Å². The van der Waals surface area contributed by atoms with Crippen molar-refractivity contribution in [3.8, 4) is 11.3 Å². The van der Waals surface area contributed by atoms with Gasteiger partial charge < -0.3 is 5.32 Å². The standard InChI is InChI=1S/C17H24N4O2/c1-13(2)5-4-10-18-11-15-12-20(3)19-17(15)14-6-8-16(9-7-14)21(22)23/h6-9,12-13,18H,4-5,10-11H2,1-3H3. The van der Waals surface area contributed by atoms with Crippen LogP contribution in [-0.4, -0.2) is 21.2 Å². The molecule has 0 unspecified atom stereocenters. The van der Waals surface area contributed by atoms with Gasteiger partial charge in [-0.2, -0.15) is 5.10 Å². The second-order valence-electron chi connectivity index (χ2n) is 6.19. The summed E-state index contributed by atoms with van der Waals surface area (Å²) in [5.41, 5.74) is 2.97. The van der Waals surface area contributed by atoms with Crippen LogP contribution in [0, 0.1) is 16.0 Å². The number of nitro benzene ring substituents is 1. The zero-order chi connectivity index (χ0) is 16.8. The first-order valence-corrected chi connectivity index (χ1v) is 7.95. The molecule has 0 aliphatic rings. The SMILES string of the molecule is CC(C)CCCNCc1cn(C)nc1-c1ccc([N+](=O)[O-])cc1. The maximum Gasteiger partial charge on any atom is 0.269 e. The van der Waals surface area contributed by atoms with Gasteiger partial charge >= 0.3 is 0 Å². The van der Waals surface area contributed by atoms with Crippen molar-refractivity contribution in [1.29, 1.82) is 0 Å². The number of nitrogens with one attached hydrogen (secondary N) is 1. The van der Waals surface area contributed by atoms with Crippen molar-refractivity contribution in [3.63, 3.8) is 0 Å². The van der Waals surface area contributed by atoms with Gasteiger partial charge in [-0.15, -0.1) is 0 Å². The van der Waals surface area contributed by atoms with Gasteiger partial charge in [0.2, 0.25) is 0 Å². The molecular formula is C17H24N4O2. The van der Waals surface area contributed by atoms with E-state index in [1.165, 1.54) is 18.6 Å². The Kier molecular flexibility index (Phi) is 5.87. The minimum atomic E-state index is -0.389. The normalized spacial score (nSPS) is 11.1. The molecule has 6 heteroatoms. The highest BCUT2D eigenvalue weighted by atomic mass is 16.6. The number of nitrogens with zero attached hydrogens (tertiary/aromatic N) is 3. The minimum Gasteiger partial charge on any atom is -0.313 e. The largest absolute Gasteiger partial charge is 0.313 e. The number of nitro groups is 1. The van der Waals surface area contributed by atoms with E-state index in [0.717, 1.165) is 42.2 Å². The molecule has 23 heavy (non-hydrogen) atoms. The summed E-state index contributed by atoms with van der Waals surface area (Å²) in [6.45, 7) is 6.19. The fraction of sp³-hybridized carbons (Fsp3) is 0.471. The van der Waals surface area contributed by atoms with Crippen LogP contribution in [0.3, 0.4) is 0 Å². The van der Waals surface area contributed by atoms with Crippen LogP contribution in [-0.2, 0) is 13.6 Å². The van der Waals surface area contributed by atoms with Gasteiger partial charge in [-0.3, -0.25) is 14.8 Å². The van der Waals surface area contributed by atoms with E-state index in [0.29, 0.717) is 0 Å². The molecular weight excluding hydrogens is 292 g/mol. The predicted octanol–water partition coefficient (Wildman–Crippen LogP) is 3.52. The van der Waals surface area contributed by atoms with E-state index >= 15 is 0 Å². The Balaban J connectivity index is 2.03. The molecule has 0 fully saturated rings. The lowest BCUT2D eigenvalue weighted by Crippen LogP contribution is -2.15. The van der Waals surface area contributed by atoms with Crippen molar-refractivity contribution in [3.05, 3.63) is 46.1 Å². The zero-order valence-corrected chi connectivity index (χ0v) is 14.0. The van der Waals surface area contributed by atoms with Crippen LogP contribution in [0.1, 0.15) is 32.3 Å². The summed E-state index contributed by atoms with van der Waals surface area (Å²) in [4.78, 5) is 10.4. The Morgan fingerprint density at radius 3 is 2.61 bits per heavy atom. The number of rotatable bonds is 8. The molecule has 124 valence electrons. The van der Waals surface area contributed by atoms with Crippen molar-refractivity contribution in [2.45, 2.75) is 33.2 Å². The molecule has 6 nitrogen and oxygen atoms in total. The topological polar surface area (TPSA) is 73.0 Å².